The Labute approximate surface area is 190 Å². The van der Waals surface area contributed by atoms with E-state index in [1.54, 1.807) is 40.5 Å². The molecular formula is C24H25FN6O2. The van der Waals surface area contributed by atoms with Crippen molar-refractivity contribution in [2.75, 3.05) is 23.0 Å². The van der Waals surface area contributed by atoms with Crippen LogP contribution in [-0.4, -0.2) is 49.8 Å². The maximum absolute atomic E-state index is 14.9. The van der Waals surface area contributed by atoms with Gasteiger partial charge >= 0.3 is 0 Å². The summed E-state index contributed by atoms with van der Waals surface area (Å²) in [7, 11) is 1.80. The summed E-state index contributed by atoms with van der Waals surface area (Å²) in [6.07, 6.45) is 3.61. The van der Waals surface area contributed by atoms with E-state index in [-0.39, 0.29) is 24.4 Å². The predicted octanol–water partition coefficient (Wildman–Crippen LogP) is 3.46. The summed E-state index contributed by atoms with van der Waals surface area (Å²) >= 11 is 0. The molecule has 4 aromatic rings. The van der Waals surface area contributed by atoms with Crippen molar-refractivity contribution in [1.29, 1.82) is 0 Å². The van der Waals surface area contributed by atoms with Gasteiger partial charge in [-0.1, -0.05) is 12.1 Å². The Morgan fingerprint density at radius 3 is 2.79 bits per heavy atom. The fourth-order valence-corrected chi connectivity index (χ4v) is 4.66. The topological polar surface area (TPSA) is 79.4 Å². The first-order valence-electron chi connectivity index (χ1n) is 10.9. The molecule has 1 amide bonds. The lowest BCUT2D eigenvalue weighted by Crippen LogP contribution is -2.48. The van der Waals surface area contributed by atoms with Crippen molar-refractivity contribution < 1.29 is 14.3 Å². The molecule has 0 aliphatic carbocycles. The molecule has 2 aromatic carbocycles. The minimum absolute atomic E-state index is 0.00284. The lowest BCUT2D eigenvalue weighted by atomic mass is 10.0. The zero-order chi connectivity index (χ0) is 23.3. The van der Waals surface area contributed by atoms with Gasteiger partial charge in [0.15, 0.2) is 5.82 Å². The third-order valence-electron chi connectivity index (χ3n) is 6.11. The molecule has 0 bridgehead atoms. The van der Waals surface area contributed by atoms with Crippen LogP contribution >= 0.6 is 0 Å². The summed E-state index contributed by atoms with van der Waals surface area (Å²) in [6, 6.07) is 10.7. The summed E-state index contributed by atoms with van der Waals surface area (Å²) in [4.78, 5) is 16.3. The van der Waals surface area contributed by atoms with E-state index < -0.39 is 0 Å². The molecule has 1 atom stereocenters. The second kappa shape index (κ2) is 8.00. The molecule has 1 aliphatic heterocycles. The van der Waals surface area contributed by atoms with Crippen LogP contribution in [0.2, 0.25) is 0 Å². The van der Waals surface area contributed by atoms with E-state index in [9.17, 15) is 14.3 Å². The van der Waals surface area contributed by atoms with Crippen LogP contribution in [0.3, 0.4) is 0 Å². The third kappa shape index (κ3) is 3.45. The van der Waals surface area contributed by atoms with E-state index in [0.29, 0.717) is 29.8 Å². The Bertz CT molecular complexity index is 1360. The first-order valence-corrected chi connectivity index (χ1v) is 10.9. The molecule has 0 saturated carbocycles. The summed E-state index contributed by atoms with van der Waals surface area (Å²) in [5.41, 5.74) is 4.02. The molecule has 0 fully saturated rings. The number of aliphatic hydroxyl groups is 1. The molecule has 2 aromatic heterocycles. The zero-order valence-corrected chi connectivity index (χ0v) is 18.7. The zero-order valence-electron chi connectivity index (χ0n) is 18.7. The average Bonchev–Trinajstić information content (AvgIpc) is 3.38. The summed E-state index contributed by atoms with van der Waals surface area (Å²) in [5, 5.41) is 18.6. The van der Waals surface area contributed by atoms with Crippen molar-refractivity contribution in [3.05, 3.63) is 54.6 Å². The minimum Gasteiger partial charge on any atom is -0.394 e. The quantitative estimate of drug-likeness (QED) is 0.517. The molecule has 9 heteroatoms. The Hall–Kier alpha value is -3.72. The number of carbonyl (C=O) groups excluding carboxylic acids is 1. The van der Waals surface area contributed by atoms with Gasteiger partial charge in [-0.15, -0.1) is 0 Å². The van der Waals surface area contributed by atoms with Crippen molar-refractivity contribution >= 4 is 34.0 Å². The molecule has 1 aliphatic rings. The highest BCUT2D eigenvalue weighted by Gasteiger charge is 2.34. The number of rotatable bonds is 4. The number of halogens is 1. The first-order chi connectivity index (χ1) is 15.9. The number of hydrogen-bond acceptors (Lipinski definition) is 5. The summed E-state index contributed by atoms with van der Waals surface area (Å²) < 4.78 is 18.3. The minimum atomic E-state index is -0.333. The Morgan fingerprint density at radius 1 is 1.21 bits per heavy atom. The average molecular weight is 449 g/mol. The number of amides is 1. The number of fused-ring (bicyclic) bond motifs is 2. The molecule has 0 spiro atoms. The summed E-state index contributed by atoms with van der Waals surface area (Å²) in [5.74, 6) is 0.138. The molecule has 33 heavy (non-hydrogen) atoms. The molecule has 0 saturated heterocycles. The lowest BCUT2D eigenvalue weighted by Gasteiger charge is -2.41. The van der Waals surface area contributed by atoms with Crippen molar-refractivity contribution in [1.82, 2.24) is 19.6 Å². The maximum Gasteiger partial charge on any atom is 0.224 e. The van der Waals surface area contributed by atoms with Gasteiger partial charge in [-0.25, -0.2) is 4.39 Å². The Kier molecular flexibility index (Phi) is 5.13. The fraction of sp³-hybridized carbons (Fsp3) is 0.292. The number of anilines is 3. The number of nitrogens with zero attached hydrogens (tertiary/aromatic N) is 6. The molecular weight excluding hydrogens is 423 g/mol. The van der Waals surface area contributed by atoms with Gasteiger partial charge in [0, 0.05) is 32.3 Å². The highest BCUT2D eigenvalue weighted by atomic mass is 19.1. The van der Waals surface area contributed by atoms with Crippen molar-refractivity contribution in [3.8, 4) is 11.1 Å². The normalized spacial score (nSPS) is 15.8. The van der Waals surface area contributed by atoms with Gasteiger partial charge in [0.1, 0.15) is 5.82 Å². The van der Waals surface area contributed by atoms with E-state index in [4.69, 9.17) is 0 Å². The SMILES string of the molecule is CC(=O)N1c2ccc(-c3cnn(CCO)c3)cc2N(c2nn(C)c3cccc(F)c23)CC1C. The number of aromatic nitrogens is 4. The van der Waals surface area contributed by atoms with Crippen LogP contribution in [0.5, 0.6) is 0 Å². The predicted molar refractivity (Wildman–Crippen MR) is 125 cm³/mol. The number of carbonyl (C=O) groups is 1. The Morgan fingerprint density at radius 2 is 2.03 bits per heavy atom. The third-order valence-corrected chi connectivity index (χ3v) is 6.11. The van der Waals surface area contributed by atoms with E-state index in [2.05, 4.69) is 10.2 Å². The molecule has 1 N–H and O–H groups in total. The van der Waals surface area contributed by atoms with Gasteiger partial charge in [0.05, 0.1) is 47.7 Å². The fourth-order valence-electron chi connectivity index (χ4n) is 4.66. The smallest absolute Gasteiger partial charge is 0.224 e. The lowest BCUT2D eigenvalue weighted by molar-refractivity contribution is -0.117. The van der Waals surface area contributed by atoms with Crippen molar-refractivity contribution in [2.45, 2.75) is 26.4 Å². The molecule has 1 unspecified atom stereocenters. The van der Waals surface area contributed by atoms with E-state index in [1.165, 1.54) is 6.07 Å². The van der Waals surface area contributed by atoms with Crippen LogP contribution in [0.15, 0.2) is 48.8 Å². The second-order valence-corrected chi connectivity index (χ2v) is 8.35. The van der Waals surface area contributed by atoms with Crippen LogP contribution in [-0.2, 0) is 18.4 Å². The molecule has 5 rings (SSSR count). The van der Waals surface area contributed by atoms with Crippen LogP contribution < -0.4 is 9.80 Å². The van der Waals surface area contributed by atoms with Crippen LogP contribution in [0.25, 0.3) is 22.0 Å². The van der Waals surface area contributed by atoms with Gasteiger partial charge in [-0.2, -0.15) is 10.2 Å². The van der Waals surface area contributed by atoms with Gasteiger partial charge in [-0.3, -0.25) is 14.2 Å². The number of hydrogen-bond donors (Lipinski definition) is 1. The second-order valence-electron chi connectivity index (χ2n) is 8.35. The number of benzene rings is 2. The van der Waals surface area contributed by atoms with Crippen LogP contribution in [0.4, 0.5) is 21.6 Å². The van der Waals surface area contributed by atoms with Gasteiger partial charge < -0.3 is 14.9 Å². The van der Waals surface area contributed by atoms with E-state index in [1.807, 2.05) is 42.3 Å². The van der Waals surface area contributed by atoms with Crippen LogP contribution in [0.1, 0.15) is 13.8 Å². The van der Waals surface area contributed by atoms with Crippen LogP contribution in [0, 0.1) is 5.82 Å². The maximum atomic E-state index is 14.9. The van der Waals surface area contributed by atoms with Crippen molar-refractivity contribution in [2.24, 2.45) is 7.05 Å². The molecule has 3 heterocycles. The van der Waals surface area contributed by atoms with E-state index >= 15 is 0 Å². The van der Waals surface area contributed by atoms with E-state index in [0.717, 1.165) is 22.5 Å². The number of aliphatic hydroxyl groups excluding tert-OH is 1. The monoisotopic (exact) mass is 448 g/mol. The van der Waals surface area contributed by atoms with Gasteiger partial charge in [0.2, 0.25) is 5.91 Å². The highest BCUT2D eigenvalue weighted by Crippen LogP contribution is 2.44. The van der Waals surface area contributed by atoms with Crippen molar-refractivity contribution in [3.63, 3.8) is 0 Å². The summed E-state index contributed by atoms with van der Waals surface area (Å²) in [6.45, 7) is 4.42. The first kappa shape index (κ1) is 21.1. The Balaban J connectivity index is 1.70. The van der Waals surface area contributed by atoms with Gasteiger partial charge in [-0.05, 0) is 36.8 Å². The molecule has 0 radical (unpaired) electrons. The molecule has 8 nitrogen and oxygen atoms in total. The largest absolute Gasteiger partial charge is 0.394 e. The molecule has 170 valence electrons. The standard InChI is InChI=1S/C24H25FN6O2/c1-15-13-30(24-23-19(25)5-4-6-21(23)28(3)27-24)22-11-17(7-8-20(22)31(15)16(2)33)18-12-26-29(14-18)9-10-32/h4-8,11-12,14-15,32H,9-10,13H2,1-3H3. The number of aryl methyl sites for hydroxylation is 1. The van der Waals surface area contributed by atoms with Gasteiger partial charge in [0.25, 0.3) is 0 Å². The highest BCUT2D eigenvalue weighted by molar-refractivity contribution is 6.01.